The van der Waals surface area contributed by atoms with Gasteiger partial charge in [0.2, 0.25) is 11.8 Å². The van der Waals surface area contributed by atoms with Crippen LogP contribution in [0.4, 0.5) is 14.5 Å². The Kier molecular flexibility index (Phi) is 5.02. The van der Waals surface area contributed by atoms with Gasteiger partial charge in [-0.25, -0.2) is 13.8 Å². The van der Waals surface area contributed by atoms with Crippen molar-refractivity contribution in [3.8, 4) is 5.88 Å². The van der Waals surface area contributed by atoms with Gasteiger partial charge in [-0.2, -0.15) is 4.98 Å². The minimum Gasteiger partial charge on any atom is -0.476 e. The summed E-state index contributed by atoms with van der Waals surface area (Å²) in [6.45, 7) is 1.43. The van der Waals surface area contributed by atoms with Crippen molar-refractivity contribution < 1.29 is 22.8 Å². The fourth-order valence-corrected chi connectivity index (χ4v) is 3.67. The third-order valence-electron chi connectivity index (χ3n) is 5.84. The first kappa shape index (κ1) is 20.1. The molecule has 1 amide bonds. The van der Waals surface area contributed by atoms with Gasteiger partial charge in [0.1, 0.15) is 11.4 Å². The lowest BCUT2D eigenvalue weighted by Gasteiger charge is -2.40. The summed E-state index contributed by atoms with van der Waals surface area (Å²) in [4.78, 5) is 23.1. The second-order valence-electron chi connectivity index (χ2n) is 8.86. The zero-order valence-corrected chi connectivity index (χ0v) is 17.3. The zero-order chi connectivity index (χ0) is 21.6. The first-order valence-electron chi connectivity index (χ1n) is 10.7. The number of hydrogen-bond acceptors (Lipinski definition) is 7. The predicted octanol–water partition coefficient (Wildman–Crippen LogP) is 3.29. The highest BCUT2D eigenvalue weighted by Crippen LogP contribution is 2.39. The highest BCUT2D eigenvalue weighted by molar-refractivity contribution is 5.93. The number of ether oxygens (including phenoxy) is 1. The van der Waals surface area contributed by atoms with Gasteiger partial charge in [0, 0.05) is 6.92 Å². The number of halogens is 2. The normalized spacial score (nSPS) is 20.8. The van der Waals surface area contributed by atoms with Crippen LogP contribution < -0.4 is 15.0 Å². The van der Waals surface area contributed by atoms with Crippen molar-refractivity contribution in [3.05, 3.63) is 29.5 Å². The summed E-state index contributed by atoms with van der Waals surface area (Å²) in [5.74, 6) is -0.979. The lowest BCUT2D eigenvalue weighted by Crippen LogP contribution is -2.56. The first-order chi connectivity index (χ1) is 14.9. The highest BCUT2D eigenvalue weighted by atomic mass is 19.3. The molecule has 3 aliphatic rings. The molecule has 31 heavy (non-hydrogen) atoms. The number of aromatic nitrogens is 3. The Labute approximate surface area is 178 Å². The van der Waals surface area contributed by atoms with Crippen LogP contribution >= 0.6 is 0 Å². The van der Waals surface area contributed by atoms with Crippen molar-refractivity contribution in [3.63, 3.8) is 0 Å². The largest absolute Gasteiger partial charge is 0.476 e. The van der Waals surface area contributed by atoms with E-state index in [2.05, 4.69) is 20.4 Å². The van der Waals surface area contributed by atoms with E-state index in [1.807, 2.05) is 0 Å². The molecule has 10 heteroatoms. The molecular formula is C21H25F2N5O3. The fourth-order valence-electron chi connectivity index (χ4n) is 3.67. The molecule has 0 aromatic carbocycles. The van der Waals surface area contributed by atoms with Gasteiger partial charge in [-0.3, -0.25) is 4.79 Å². The van der Waals surface area contributed by atoms with Crippen LogP contribution in [-0.2, 0) is 0 Å². The van der Waals surface area contributed by atoms with Crippen LogP contribution in [0.3, 0.4) is 0 Å². The van der Waals surface area contributed by atoms with Gasteiger partial charge in [-0.05, 0) is 43.2 Å². The molecule has 3 fully saturated rings. The quantitative estimate of drug-likeness (QED) is 0.649. The van der Waals surface area contributed by atoms with E-state index in [1.54, 1.807) is 19.1 Å². The van der Waals surface area contributed by atoms with Crippen LogP contribution in [0.25, 0.3) is 0 Å². The maximum Gasteiger partial charge on any atom is 0.282 e. The van der Waals surface area contributed by atoms with Crippen LogP contribution in [0.2, 0.25) is 0 Å². The van der Waals surface area contributed by atoms with E-state index < -0.39 is 5.92 Å². The molecule has 5 rings (SSSR count). The van der Waals surface area contributed by atoms with Gasteiger partial charge in [0.05, 0.1) is 25.7 Å². The lowest BCUT2D eigenvalue weighted by molar-refractivity contribution is -0.0265. The summed E-state index contributed by atoms with van der Waals surface area (Å²) < 4.78 is 37.6. The van der Waals surface area contributed by atoms with Crippen molar-refractivity contribution >= 4 is 11.6 Å². The van der Waals surface area contributed by atoms with Crippen molar-refractivity contribution in [2.45, 2.75) is 51.0 Å². The second kappa shape index (κ2) is 7.72. The molecule has 8 nitrogen and oxygen atoms in total. The highest BCUT2D eigenvalue weighted by Gasteiger charge is 2.45. The Morgan fingerprint density at radius 3 is 2.61 bits per heavy atom. The van der Waals surface area contributed by atoms with E-state index in [9.17, 15) is 13.6 Å². The molecule has 1 aliphatic heterocycles. The first-order valence-corrected chi connectivity index (χ1v) is 10.7. The van der Waals surface area contributed by atoms with Gasteiger partial charge in [0.25, 0.3) is 11.8 Å². The van der Waals surface area contributed by atoms with Crippen molar-refractivity contribution in [1.82, 2.24) is 20.4 Å². The lowest BCUT2D eigenvalue weighted by atomic mass is 10.1. The number of hydrogen-bond donors (Lipinski definition) is 1. The van der Waals surface area contributed by atoms with Crippen LogP contribution in [-0.4, -0.2) is 46.7 Å². The van der Waals surface area contributed by atoms with E-state index in [0.29, 0.717) is 35.8 Å². The smallest absolute Gasteiger partial charge is 0.282 e. The number of amides is 1. The standard InChI is InChI=1S/C21H25F2N5O3/c1-12-24-18(27-31-12)16(8-13-2-3-13)25-19(29)15-6-7-17(28-10-21(22,23)11-28)20(26-15)30-9-14-4-5-14/h6-7,13-14,16H,2-5,8-11H2,1H3,(H,25,29). The molecule has 0 bridgehead atoms. The number of nitrogens with zero attached hydrogens (tertiary/aromatic N) is 4. The van der Waals surface area contributed by atoms with Gasteiger partial charge in [-0.15, -0.1) is 0 Å². The molecular weight excluding hydrogens is 408 g/mol. The number of rotatable bonds is 9. The average molecular weight is 433 g/mol. The number of nitrogens with one attached hydrogen (secondary N) is 1. The number of pyridine rings is 1. The van der Waals surface area contributed by atoms with Crippen LogP contribution in [0.1, 0.15) is 60.3 Å². The second-order valence-corrected chi connectivity index (χ2v) is 8.86. The monoisotopic (exact) mass is 433 g/mol. The summed E-state index contributed by atoms with van der Waals surface area (Å²) in [5, 5.41) is 6.92. The fraction of sp³-hybridized carbons (Fsp3) is 0.619. The molecule has 1 unspecified atom stereocenters. The van der Waals surface area contributed by atoms with E-state index in [4.69, 9.17) is 9.26 Å². The van der Waals surface area contributed by atoms with Gasteiger partial charge in [-0.1, -0.05) is 18.0 Å². The minimum atomic E-state index is -2.71. The summed E-state index contributed by atoms with van der Waals surface area (Å²) in [7, 11) is 0. The topological polar surface area (TPSA) is 93.4 Å². The summed E-state index contributed by atoms with van der Waals surface area (Å²) >= 11 is 0. The van der Waals surface area contributed by atoms with Crippen molar-refractivity contribution in [2.75, 3.05) is 24.6 Å². The molecule has 3 heterocycles. The van der Waals surface area contributed by atoms with Gasteiger partial charge in [0.15, 0.2) is 5.82 Å². The Bertz CT molecular complexity index is 966. The molecule has 2 aromatic rings. The Hall–Kier alpha value is -2.78. The molecule has 1 N–H and O–H groups in total. The summed E-state index contributed by atoms with van der Waals surface area (Å²) in [6.07, 6.45) is 5.15. The molecule has 1 atom stereocenters. The van der Waals surface area contributed by atoms with Crippen molar-refractivity contribution in [1.29, 1.82) is 0 Å². The van der Waals surface area contributed by atoms with E-state index in [0.717, 1.165) is 32.1 Å². The predicted molar refractivity (Wildman–Crippen MR) is 106 cm³/mol. The van der Waals surface area contributed by atoms with E-state index in [-0.39, 0.29) is 36.6 Å². The Morgan fingerprint density at radius 2 is 2.00 bits per heavy atom. The van der Waals surface area contributed by atoms with Crippen LogP contribution in [0.15, 0.2) is 16.7 Å². The molecule has 0 spiro atoms. The van der Waals surface area contributed by atoms with E-state index in [1.165, 1.54) is 4.90 Å². The molecule has 166 valence electrons. The average Bonchev–Trinajstić information content (AvgIpc) is 3.64. The van der Waals surface area contributed by atoms with Crippen LogP contribution in [0, 0.1) is 18.8 Å². The van der Waals surface area contributed by atoms with Gasteiger partial charge < -0.3 is 19.5 Å². The summed E-state index contributed by atoms with van der Waals surface area (Å²) in [5.41, 5.74) is 0.661. The number of carbonyl (C=O) groups excluding carboxylic acids is 1. The molecule has 1 saturated heterocycles. The maximum atomic E-state index is 13.4. The number of carbonyl (C=O) groups is 1. The zero-order valence-electron chi connectivity index (χ0n) is 17.3. The molecule has 0 radical (unpaired) electrons. The maximum absolute atomic E-state index is 13.4. The third kappa shape index (κ3) is 4.77. The van der Waals surface area contributed by atoms with Gasteiger partial charge >= 0.3 is 0 Å². The number of anilines is 1. The third-order valence-corrected chi connectivity index (χ3v) is 5.84. The SMILES string of the molecule is Cc1nc(C(CC2CC2)NC(=O)c2ccc(N3CC(F)(F)C3)c(OCC3CC3)n2)no1. The number of alkyl halides is 2. The Morgan fingerprint density at radius 1 is 1.26 bits per heavy atom. The minimum absolute atomic E-state index is 0.169. The molecule has 2 aliphatic carbocycles. The molecule has 2 aromatic heterocycles. The molecule has 2 saturated carbocycles. The Balaban J connectivity index is 1.33. The van der Waals surface area contributed by atoms with Crippen LogP contribution in [0.5, 0.6) is 5.88 Å². The van der Waals surface area contributed by atoms with Crippen molar-refractivity contribution in [2.24, 2.45) is 11.8 Å². The number of aryl methyl sites for hydroxylation is 1. The van der Waals surface area contributed by atoms with E-state index >= 15 is 0 Å². The summed E-state index contributed by atoms with van der Waals surface area (Å²) in [6, 6.07) is 2.80.